The Balaban J connectivity index is 1.31. The van der Waals surface area contributed by atoms with Crippen LogP contribution in [0.3, 0.4) is 0 Å². The summed E-state index contributed by atoms with van der Waals surface area (Å²) in [5.41, 5.74) is -1.43. The van der Waals surface area contributed by atoms with Gasteiger partial charge in [-0.05, 0) is 69.4 Å². The molecule has 1 aromatic carbocycles. The molecule has 2 aromatic rings. The fourth-order valence-electron chi connectivity index (χ4n) is 5.42. The van der Waals surface area contributed by atoms with Gasteiger partial charge >= 0.3 is 6.18 Å². The molecule has 8 nitrogen and oxygen atoms in total. The van der Waals surface area contributed by atoms with E-state index in [9.17, 15) is 33.0 Å². The second kappa shape index (κ2) is 11.4. The molecule has 1 aliphatic heterocycles. The Kier molecular flexibility index (Phi) is 8.39. The van der Waals surface area contributed by atoms with Crippen LogP contribution in [-0.2, 0) is 16.6 Å². The average Bonchev–Trinajstić information content (AvgIpc) is 3.33. The van der Waals surface area contributed by atoms with Gasteiger partial charge < -0.3 is 25.7 Å². The van der Waals surface area contributed by atoms with Crippen LogP contribution in [0.5, 0.6) is 0 Å². The molecule has 4 N–H and O–H groups in total. The lowest BCUT2D eigenvalue weighted by Crippen LogP contribution is -2.47. The van der Waals surface area contributed by atoms with E-state index < -0.39 is 47.8 Å². The predicted octanol–water partition coefficient (Wildman–Crippen LogP) is 2.60. The van der Waals surface area contributed by atoms with Crippen molar-refractivity contribution in [3.05, 3.63) is 65.5 Å². The number of likely N-dealkylation sites (tertiary alicyclic amines) is 1. The first kappa shape index (κ1) is 28.0. The summed E-state index contributed by atoms with van der Waals surface area (Å²) in [5.74, 6) is -1.21. The van der Waals surface area contributed by atoms with Crippen molar-refractivity contribution in [3.63, 3.8) is 0 Å². The molecule has 2 aliphatic rings. The second-order valence-corrected chi connectivity index (χ2v) is 10.2. The molecule has 38 heavy (non-hydrogen) atoms. The molecule has 2 heterocycles. The van der Waals surface area contributed by atoms with Crippen LogP contribution in [0.25, 0.3) is 0 Å². The molecule has 0 spiro atoms. The van der Waals surface area contributed by atoms with Crippen molar-refractivity contribution in [2.24, 2.45) is 0 Å². The SMILES string of the molecule is CC(O)C1CC(NC2CCC(O)(c3ccccn3)CC2)CN1C(=O)CNC(=O)c1cccc(C(F)(F)F)c1. The molecule has 2 fully saturated rings. The number of hydrogen-bond acceptors (Lipinski definition) is 6. The van der Waals surface area contributed by atoms with Gasteiger partial charge in [0.05, 0.1) is 29.9 Å². The van der Waals surface area contributed by atoms with E-state index in [1.165, 1.54) is 11.0 Å². The maximum absolute atomic E-state index is 13.0. The summed E-state index contributed by atoms with van der Waals surface area (Å²) in [5, 5.41) is 27.3. The summed E-state index contributed by atoms with van der Waals surface area (Å²) >= 11 is 0. The van der Waals surface area contributed by atoms with E-state index in [1.54, 1.807) is 13.1 Å². The van der Waals surface area contributed by atoms with Crippen molar-refractivity contribution in [3.8, 4) is 0 Å². The summed E-state index contributed by atoms with van der Waals surface area (Å²) in [4.78, 5) is 31.2. The van der Waals surface area contributed by atoms with Gasteiger partial charge in [-0.1, -0.05) is 12.1 Å². The number of halogens is 3. The number of benzene rings is 1. The van der Waals surface area contributed by atoms with Crippen LogP contribution in [0.4, 0.5) is 13.2 Å². The van der Waals surface area contributed by atoms with E-state index in [4.69, 9.17) is 0 Å². The standard InChI is InChI=1S/C27H33F3N4O4/c1-17(35)22-14-21(33-20-8-10-26(38,11-9-20)23-7-2-3-12-31-23)16-34(22)24(36)15-32-25(37)18-5-4-6-19(13-18)27(28,29)30/h2-7,12-13,17,20-22,33,35,38H,8-11,14-16H2,1H3,(H,32,37). The topological polar surface area (TPSA) is 115 Å². The van der Waals surface area contributed by atoms with Gasteiger partial charge in [0, 0.05) is 30.4 Å². The fraction of sp³-hybridized carbons (Fsp3) is 0.519. The Morgan fingerprint density at radius 2 is 1.89 bits per heavy atom. The van der Waals surface area contributed by atoms with Crippen molar-refractivity contribution in [1.82, 2.24) is 20.5 Å². The third-order valence-corrected chi connectivity index (χ3v) is 7.50. The highest BCUT2D eigenvalue weighted by Gasteiger charge is 2.41. The number of nitrogens with one attached hydrogen (secondary N) is 2. The molecule has 206 valence electrons. The number of hydrogen-bond donors (Lipinski definition) is 4. The van der Waals surface area contributed by atoms with E-state index in [0.717, 1.165) is 31.0 Å². The highest BCUT2D eigenvalue weighted by Crippen LogP contribution is 2.36. The molecule has 1 aliphatic carbocycles. The van der Waals surface area contributed by atoms with Gasteiger partial charge in [-0.3, -0.25) is 14.6 Å². The highest BCUT2D eigenvalue weighted by molar-refractivity contribution is 5.96. The quantitative estimate of drug-likeness (QED) is 0.434. The molecular formula is C27H33F3N4O4. The molecule has 2 amide bonds. The first-order valence-electron chi connectivity index (χ1n) is 12.8. The zero-order chi connectivity index (χ0) is 27.5. The molecular weight excluding hydrogens is 501 g/mol. The lowest BCUT2D eigenvalue weighted by Gasteiger charge is -2.37. The van der Waals surface area contributed by atoms with Gasteiger partial charge in [0.2, 0.25) is 5.91 Å². The molecule has 3 unspecified atom stereocenters. The van der Waals surface area contributed by atoms with Crippen molar-refractivity contribution >= 4 is 11.8 Å². The largest absolute Gasteiger partial charge is 0.416 e. The summed E-state index contributed by atoms with van der Waals surface area (Å²) in [6.07, 6.45) is -0.633. The number of carbonyl (C=O) groups is 2. The Labute approximate surface area is 219 Å². The van der Waals surface area contributed by atoms with Crippen molar-refractivity contribution in [2.45, 2.75) is 75.0 Å². The van der Waals surface area contributed by atoms with Crippen molar-refractivity contribution < 1.29 is 33.0 Å². The monoisotopic (exact) mass is 534 g/mol. The minimum Gasteiger partial charge on any atom is -0.391 e. The smallest absolute Gasteiger partial charge is 0.391 e. The molecule has 11 heteroatoms. The molecule has 1 aromatic heterocycles. The number of aromatic nitrogens is 1. The number of carbonyl (C=O) groups excluding carboxylic acids is 2. The minimum atomic E-state index is -4.58. The van der Waals surface area contributed by atoms with Gasteiger partial charge in [-0.15, -0.1) is 0 Å². The summed E-state index contributed by atoms with van der Waals surface area (Å²) in [6.45, 7) is 1.53. The lowest BCUT2D eigenvalue weighted by molar-refractivity contribution is -0.137. The van der Waals surface area contributed by atoms with E-state index in [2.05, 4.69) is 15.6 Å². The van der Waals surface area contributed by atoms with Gasteiger partial charge in [0.25, 0.3) is 5.91 Å². The summed E-state index contributed by atoms with van der Waals surface area (Å²) in [7, 11) is 0. The number of aliphatic hydroxyl groups excluding tert-OH is 1. The average molecular weight is 535 g/mol. The van der Waals surface area contributed by atoms with E-state index in [0.29, 0.717) is 31.5 Å². The van der Waals surface area contributed by atoms with Crippen LogP contribution in [0, 0.1) is 0 Å². The molecule has 3 atom stereocenters. The Morgan fingerprint density at radius 1 is 1.16 bits per heavy atom. The normalized spacial score (nSPS) is 26.7. The van der Waals surface area contributed by atoms with Gasteiger partial charge in [-0.2, -0.15) is 13.2 Å². The van der Waals surface area contributed by atoms with E-state index in [1.807, 2.05) is 18.2 Å². The number of nitrogens with zero attached hydrogens (tertiary/aromatic N) is 2. The Bertz CT molecular complexity index is 1120. The molecule has 0 radical (unpaired) electrons. The predicted molar refractivity (Wildman–Crippen MR) is 133 cm³/mol. The fourth-order valence-corrected chi connectivity index (χ4v) is 5.42. The summed E-state index contributed by atoms with van der Waals surface area (Å²) < 4.78 is 38.9. The Hall–Kier alpha value is -3.02. The van der Waals surface area contributed by atoms with Crippen LogP contribution < -0.4 is 10.6 Å². The maximum Gasteiger partial charge on any atom is 0.416 e. The highest BCUT2D eigenvalue weighted by atomic mass is 19.4. The number of aliphatic hydroxyl groups is 2. The maximum atomic E-state index is 13.0. The third-order valence-electron chi connectivity index (χ3n) is 7.50. The summed E-state index contributed by atoms with van der Waals surface area (Å²) in [6, 6.07) is 9.09. The minimum absolute atomic E-state index is 0.0799. The lowest BCUT2D eigenvalue weighted by atomic mass is 9.79. The zero-order valence-corrected chi connectivity index (χ0v) is 21.1. The van der Waals surface area contributed by atoms with Crippen molar-refractivity contribution in [1.29, 1.82) is 0 Å². The van der Waals surface area contributed by atoms with Gasteiger partial charge in [0.1, 0.15) is 5.60 Å². The van der Waals surface area contributed by atoms with Gasteiger partial charge in [0.15, 0.2) is 0 Å². The first-order chi connectivity index (χ1) is 18.0. The Morgan fingerprint density at radius 3 is 2.53 bits per heavy atom. The molecule has 4 rings (SSSR count). The third kappa shape index (κ3) is 6.51. The number of amides is 2. The molecule has 0 bridgehead atoms. The number of rotatable bonds is 7. The molecule has 1 saturated carbocycles. The van der Waals surface area contributed by atoms with Crippen LogP contribution >= 0.6 is 0 Å². The van der Waals surface area contributed by atoms with E-state index >= 15 is 0 Å². The van der Waals surface area contributed by atoms with Crippen LogP contribution in [0.1, 0.15) is 60.6 Å². The molecule has 1 saturated heterocycles. The number of alkyl halides is 3. The number of pyridine rings is 1. The van der Waals surface area contributed by atoms with Crippen LogP contribution in [0.2, 0.25) is 0 Å². The van der Waals surface area contributed by atoms with Crippen molar-refractivity contribution in [2.75, 3.05) is 13.1 Å². The van der Waals surface area contributed by atoms with Gasteiger partial charge in [-0.25, -0.2) is 0 Å². The second-order valence-electron chi connectivity index (χ2n) is 10.2. The van der Waals surface area contributed by atoms with Crippen LogP contribution in [0.15, 0.2) is 48.7 Å². The van der Waals surface area contributed by atoms with E-state index in [-0.39, 0.29) is 17.6 Å². The van der Waals surface area contributed by atoms with Crippen LogP contribution in [-0.4, -0.2) is 69.2 Å². The zero-order valence-electron chi connectivity index (χ0n) is 21.1. The first-order valence-corrected chi connectivity index (χ1v) is 12.8.